The lowest BCUT2D eigenvalue weighted by atomic mass is 10.1. The topological polar surface area (TPSA) is 119 Å². The van der Waals surface area contributed by atoms with Crippen LogP contribution >= 0.6 is 0 Å². The summed E-state index contributed by atoms with van der Waals surface area (Å²) in [5.41, 5.74) is 0.263. The Kier molecular flexibility index (Phi) is 7.11. The third-order valence-electron chi connectivity index (χ3n) is 6.38. The van der Waals surface area contributed by atoms with E-state index in [1.165, 1.54) is 17.2 Å². The average molecular weight is 507 g/mol. The molecule has 1 aliphatic carbocycles. The molecule has 1 N–H and O–H groups in total. The molecule has 3 heterocycles. The molecule has 0 unspecified atom stereocenters. The molecule has 10 nitrogen and oxygen atoms in total. The Morgan fingerprint density at radius 2 is 1.97 bits per heavy atom. The number of amides is 2. The Balaban J connectivity index is 1.45. The molecule has 3 aromatic heterocycles. The van der Waals surface area contributed by atoms with E-state index in [-0.39, 0.29) is 42.2 Å². The predicted octanol–water partition coefficient (Wildman–Crippen LogP) is 3.80. The van der Waals surface area contributed by atoms with Crippen LogP contribution in [0.1, 0.15) is 48.8 Å². The molecule has 37 heavy (non-hydrogen) atoms. The van der Waals surface area contributed by atoms with Crippen LogP contribution in [0.4, 0.5) is 4.39 Å². The second-order valence-electron chi connectivity index (χ2n) is 9.07. The summed E-state index contributed by atoms with van der Waals surface area (Å²) in [4.78, 5) is 29.6. The molecule has 1 atom stereocenters. The van der Waals surface area contributed by atoms with Gasteiger partial charge in [-0.1, -0.05) is 31.0 Å². The van der Waals surface area contributed by atoms with Crippen molar-refractivity contribution < 1.29 is 22.8 Å². The number of tetrazole rings is 1. The largest absolute Gasteiger partial charge is 0.467 e. The van der Waals surface area contributed by atoms with Crippen LogP contribution in [-0.4, -0.2) is 43.0 Å². The van der Waals surface area contributed by atoms with Gasteiger partial charge in [0.25, 0.3) is 5.91 Å². The van der Waals surface area contributed by atoms with E-state index in [0.29, 0.717) is 11.5 Å². The van der Waals surface area contributed by atoms with Gasteiger partial charge >= 0.3 is 0 Å². The van der Waals surface area contributed by atoms with E-state index in [2.05, 4.69) is 20.7 Å². The first-order chi connectivity index (χ1) is 18.0. The predicted molar refractivity (Wildman–Crippen MR) is 129 cm³/mol. The van der Waals surface area contributed by atoms with Crippen molar-refractivity contribution in [3.05, 3.63) is 77.7 Å². The van der Waals surface area contributed by atoms with Crippen molar-refractivity contribution in [2.75, 3.05) is 0 Å². The zero-order valence-corrected chi connectivity index (χ0v) is 20.3. The molecule has 11 heteroatoms. The maximum Gasteiger partial charge on any atom is 0.250 e. The lowest BCUT2D eigenvalue weighted by Crippen LogP contribution is -2.46. The van der Waals surface area contributed by atoms with Crippen molar-refractivity contribution in [3.8, 4) is 11.6 Å². The quantitative estimate of drug-likeness (QED) is 0.367. The fourth-order valence-corrected chi connectivity index (χ4v) is 4.53. The van der Waals surface area contributed by atoms with Crippen molar-refractivity contribution in [3.63, 3.8) is 0 Å². The minimum absolute atomic E-state index is 0.0201. The number of carbonyl (C=O) groups is 2. The zero-order chi connectivity index (χ0) is 25.8. The maximum absolute atomic E-state index is 14.7. The fourth-order valence-electron chi connectivity index (χ4n) is 4.53. The Morgan fingerprint density at radius 3 is 2.68 bits per heavy atom. The van der Waals surface area contributed by atoms with E-state index in [1.807, 2.05) is 0 Å². The van der Waals surface area contributed by atoms with Gasteiger partial charge in [-0.15, -0.1) is 10.2 Å². The summed E-state index contributed by atoms with van der Waals surface area (Å²) in [5, 5.41) is 15.2. The number of hydrogen-bond donors (Lipinski definition) is 1. The smallest absolute Gasteiger partial charge is 0.250 e. The average Bonchev–Trinajstić information content (AvgIpc) is 3.69. The summed E-state index contributed by atoms with van der Waals surface area (Å²) >= 11 is 0. The molecule has 0 spiro atoms. The van der Waals surface area contributed by atoms with Gasteiger partial charge < -0.3 is 19.1 Å². The number of aryl methyl sites for hydroxylation is 1. The molecule has 0 saturated heterocycles. The first kappa shape index (κ1) is 24.4. The molecule has 0 aliphatic heterocycles. The zero-order valence-electron chi connectivity index (χ0n) is 20.3. The molecule has 1 aromatic carbocycles. The van der Waals surface area contributed by atoms with E-state index in [0.717, 1.165) is 30.5 Å². The second kappa shape index (κ2) is 10.8. The van der Waals surface area contributed by atoms with Gasteiger partial charge in [0.05, 0.1) is 6.26 Å². The van der Waals surface area contributed by atoms with Crippen molar-refractivity contribution in [2.24, 2.45) is 0 Å². The molecular weight excluding hydrogens is 479 g/mol. The van der Waals surface area contributed by atoms with Gasteiger partial charge in [-0.3, -0.25) is 9.59 Å². The molecular formula is C26H27FN6O4. The maximum atomic E-state index is 14.7. The SMILES string of the molecule is Cc1ccc(-c2nnn(CC(=O)N(Cc3ccccc3F)[C@@H](C(=O)NC3CCCC3)c3ccco3)n2)o1. The van der Waals surface area contributed by atoms with Gasteiger partial charge in [0.2, 0.25) is 11.7 Å². The summed E-state index contributed by atoms with van der Waals surface area (Å²) in [6.45, 7) is 1.31. The number of nitrogens with one attached hydrogen (secondary N) is 1. The Hall–Kier alpha value is -4.28. The van der Waals surface area contributed by atoms with Crippen LogP contribution in [0.2, 0.25) is 0 Å². The first-order valence-corrected chi connectivity index (χ1v) is 12.2. The number of nitrogens with zero attached hydrogens (tertiary/aromatic N) is 5. The Bertz CT molecular complexity index is 1360. The van der Waals surface area contributed by atoms with Crippen LogP contribution in [0, 0.1) is 12.7 Å². The highest BCUT2D eigenvalue weighted by atomic mass is 19.1. The second-order valence-corrected chi connectivity index (χ2v) is 9.07. The van der Waals surface area contributed by atoms with Crippen LogP contribution < -0.4 is 5.32 Å². The third kappa shape index (κ3) is 5.60. The van der Waals surface area contributed by atoms with E-state index >= 15 is 0 Å². The van der Waals surface area contributed by atoms with E-state index in [9.17, 15) is 14.0 Å². The van der Waals surface area contributed by atoms with E-state index in [1.54, 1.807) is 49.4 Å². The van der Waals surface area contributed by atoms with E-state index in [4.69, 9.17) is 8.83 Å². The fraction of sp³-hybridized carbons (Fsp3) is 0.346. The lowest BCUT2D eigenvalue weighted by Gasteiger charge is -2.30. The molecule has 0 radical (unpaired) electrons. The first-order valence-electron chi connectivity index (χ1n) is 12.2. The molecule has 4 aromatic rings. The van der Waals surface area contributed by atoms with Crippen molar-refractivity contribution in [2.45, 2.75) is 57.8 Å². The number of furan rings is 2. The minimum atomic E-state index is -1.11. The monoisotopic (exact) mass is 506 g/mol. The van der Waals surface area contributed by atoms with Gasteiger partial charge in [-0.05, 0) is 55.3 Å². The summed E-state index contributed by atoms with van der Waals surface area (Å²) in [7, 11) is 0. The van der Waals surface area contributed by atoms with Crippen LogP contribution in [0.3, 0.4) is 0 Å². The molecule has 192 valence electrons. The van der Waals surface area contributed by atoms with Gasteiger partial charge in [0.1, 0.15) is 23.9 Å². The van der Waals surface area contributed by atoms with Gasteiger partial charge in [-0.25, -0.2) is 4.39 Å². The highest BCUT2D eigenvalue weighted by Crippen LogP contribution is 2.27. The van der Waals surface area contributed by atoms with E-state index < -0.39 is 17.8 Å². The highest BCUT2D eigenvalue weighted by Gasteiger charge is 2.36. The normalized spacial score (nSPS) is 14.5. The van der Waals surface area contributed by atoms with Crippen molar-refractivity contribution in [1.29, 1.82) is 0 Å². The number of halogens is 1. The molecule has 1 aliphatic rings. The molecule has 5 rings (SSSR count). The van der Waals surface area contributed by atoms with Crippen LogP contribution in [0.5, 0.6) is 0 Å². The lowest BCUT2D eigenvalue weighted by molar-refractivity contribution is -0.143. The summed E-state index contributed by atoms with van der Waals surface area (Å²) < 4.78 is 25.8. The summed E-state index contributed by atoms with van der Waals surface area (Å²) in [6, 6.07) is 11.8. The van der Waals surface area contributed by atoms with Gasteiger partial charge in [0.15, 0.2) is 11.8 Å². The van der Waals surface area contributed by atoms with Crippen molar-refractivity contribution >= 4 is 11.8 Å². The highest BCUT2D eigenvalue weighted by molar-refractivity contribution is 5.88. The van der Waals surface area contributed by atoms with Crippen LogP contribution in [-0.2, 0) is 22.7 Å². The Labute approximate surface area is 212 Å². The Morgan fingerprint density at radius 1 is 1.16 bits per heavy atom. The number of rotatable bonds is 9. The minimum Gasteiger partial charge on any atom is -0.467 e. The van der Waals surface area contributed by atoms with Gasteiger partial charge in [-0.2, -0.15) is 4.80 Å². The molecule has 1 saturated carbocycles. The van der Waals surface area contributed by atoms with Gasteiger partial charge in [0, 0.05) is 18.2 Å². The third-order valence-corrected chi connectivity index (χ3v) is 6.38. The molecule has 1 fully saturated rings. The summed E-state index contributed by atoms with van der Waals surface area (Å²) in [5.74, 6) is 0.234. The van der Waals surface area contributed by atoms with Crippen LogP contribution in [0.25, 0.3) is 11.6 Å². The van der Waals surface area contributed by atoms with Crippen molar-refractivity contribution in [1.82, 2.24) is 30.4 Å². The number of benzene rings is 1. The standard InChI is InChI=1S/C26H27FN6O4/c1-17-12-13-22(37-17)25-29-31-33(30-25)16-23(34)32(15-18-7-2-5-10-20(18)27)24(21-11-6-14-36-21)26(35)28-19-8-3-4-9-19/h2,5-7,10-14,19,24H,3-4,8-9,15-16H2,1H3,(H,28,35)/t24-/m1/s1. The molecule has 0 bridgehead atoms. The molecule has 2 amide bonds. The summed E-state index contributed by atoms with van der Waals surface area (Å²) in [6.07, 6.45) is 5.24. The number of carbonyl (C=O) groups excluding carboxylic acids is 2. The number of hydrogen-bond acceptors (Lipinski definition) is 7. The number of aromatic nitrogens is 4. The van der Waals surface area contributed by atoms with Crippen LogP contribution in [0.15, 0.2) is 63.6 Å².